The van der Waals surface area contributed by atoms with Gasteiger partial charge >= 0.3 is 0 Å². The van der Waals surface area contributed by atoms with E-state index in [1.807, 2.05) is 25.2 Å². The SMILES string of the molecule is C=C/C=C(\C=C/C)C(C)(C=N)SC(C)C. The number of allylic oxidation sites excluding steroid dienone is 4. The molecule has 1 atom stereocenters. The molecule has 1 N–H and O–H groups in total. The van der Waals surface area contributed by atoms with Crippen molar-refractivity contribution in [1.29, 1.82) is 5.41 Å². The first-order valence-corrected chi connectivity index (χ1v) is 6.03. The summed E-state index contributed by atoms with van der Waals surface area (Å²) in [5.41, 5.74) is 1.12. The van der Waals surface area contributed by atoms with Crippen molar-refractivity contribution in [2.24, 2.45) is 0 Å². The Morgan fingerprint density at radius 1 is 1.47 bits per heavy atom. The lowest BCUT2D eigenvalue weighted by Gasteiger charge is -2.27. The summed E-state index contributed by atoms with van der Waals surface area (Å²) in [6.45, 7) is 12.1. The molecule has 0 fully saturated rings. The lowest BCUT2D eigenvalue weighted by molar-refractivity contribution is 0.992. The summed E-state index contributed by atoms with van der Waals surface area (Å²) in [5.74, 6) is 0. The molecule has 0 aliphatic carbocycles. The van der Waals surface area contributed by atoms with Crippen LogP contribution >= 0.6 is 11.8 Å². The molecule has 1 nitrogen and oxygen atoms in total. The monoisotopic (exact) mass is 223 g/mol. The zero-order valence-corrected chi connectivity index (χ0v) is 10.9. The zero-order valence-electron chi connectivity index (χ0n) is 10.1. The van der Waals surface area contributed by atoms with E-state index in [4.69, 9.17) is 5.41 Å². The Balaban J connectivity index is 5.11. The van der Waals surface area contributed by atoms with Crippen molar-refractivity contribution in [2.75, 3.05) is 0 Å². The topological polar surface area (TPSA) is 23.9 Å². The maximum atomic E-state index is 7.58. The van der Waals surface area contributed by atoms with Crippen LogP contribution in [0.4, 0.5) is 0 Å². The molecule has 0 aliphatic heterocycles. The van der Waals surface area contributed by atoms with Crippen LogP contribution in [-0.2, 0) is 0 Å². The molecule has 15 heavy (non-hydrogen) atoms. The molecule has 0 spiro atoms. The normalized spacial score (nSPS) is 16.7. The first-order valence-electron chi connectivity index (χ1n) is 5.15. The van der Waals surface area contributed by atoms with E-state index < -0.39 is 0 Å². The summed E-state index contributed by atoms with van der Waals surface area (Å²) >= 11 is 1.78. The van der Waals surface area contributed by atoms with Crippen LogP contribution in [0.5, 0.6) is 0 Å². The summed E-state index contributed by atoms with van der Waals surface area (Å²) in [4.78, 5) is 0. The van der Waals surface area contributed by atoms with Crippen LogP contribution < -0.4 is 0 Å². The minimum Gasteiger partial charge on any atom is -0.311 e. The van der Waals surface area contributed by atoms with Gasteiger partial charge in [-0.1, -0.05) is 44.7 Å². The van der Waals surface area contributed by atoms with E-state index in [1.165, 1.54) is 6.21 Å². The second-order valence-corrected chi connectivity index (χ2v) is 5.80. The fourth-order valence-electron chi connectivity index (χ4n) is 1.37. The molecule has 0 rings (SSSR count). The fraction of sp³-hybridized carbons (Fsp3) is 0.462. The third-order valence-corrected chi connectivity index (χ3v) is 3.29. The Morgan fingerprint density at radius 2 is 2.07 bits per heavy atom. The van der Waals surface area contributed by atoms with Gasteiger partial charge in [0.05, 0.1) is 4.75 Å². The number of hydrogen-bond acceptors (Lipinski definition) is 2. The van der Waals surface area contributed by atoms with Crippen molar-refractivity contribution in [2.45, 2.75) is 37.7 Å². The Morgan fingerprint density at radius 3 is 2.40 bits per heavy atom. The quantitative estimate of drug-likeness (QED) is 0.529. The van der Waals surface area contributed by atoms with Crippen LogP contribution in [0.25, 0.3) is 0 Å². The highest BCUT2D eigenvalue weighted by Gasteiger charge is 2.26. The maximum Gasteiger partial charge on any atom is 0.0726 e. The molecular weight excluding hydrogens is 202 g/mol. The predicted octanol–water partition coefficient (Wildman–Crippen LogP) is 4.22. The molecule has 0 saturated heterocycles. The third-order valence-electron chi connectivity index (χ3n) is 1.97. The molecule has 0 saturated carbocycles. The van der Waals surface area contributed by atoms with E-state index in [9.17, 15) is 0 Å². The molecule has 0 aromatic rings. The Labute approximate surface area is 97.9 Å². The summed E-state index contributed by atoms with van der Waals surface area (Å²) in [5, 5.41) is 8.08. The van der Waals surface area contributed by atoms with Gasteiger partial charge in [0.2, 0.25) is 0 Å². The van der Waals surface area contributed by atoms with Crippen LogP contribution in [0.3, 0.4) is 0 Å². The maximum absolute atomic E-state index is 7.58. The summed E-state index contributed by atoms with van der Waals surface area (Å²) in [6.07, 6.45) is 9.30. The number of thioether (sulfide) groups is 1. The summed E-state index contributed by atoms with van der Waals surface area (Å²) in [7, 11) is 0. The van der Waals surface area contributed by atoms with Crippen LogP contribution in [0, 0.1) is 5.41 Å². The van der Waals surface area contributed by atoms with Gasteiger partial charge in [-0.3, -0.25) is 0 Å². The lowest BCUT2D eigenvalue weighted by atomic mass is 10.0. The largest absolute Gasteiger partial charge is 0.311 e. The predicted molar refractivity (Wildman–Crippen MR) is 73.0 cm³/mol. The van der Waals surface area contributed by atoms with Crippen molar-refractivity contribution in [3.05, 3.63) is 36.5 Å². The zero-order chi connectivity index (χ0) is 11.9. The van der Waals surface area contributed by atoms with Crippen LogP contribution in [0.15, 0.2) is 36.5 Å². The van der Waals surface area contributed by atoms with E-state index in [0.717, 1.165) is 5.57 Å². The van der Waals surface area contributed by atoms with Gasteiger partial charge in [0.15, 0.2) is 0 Å². The minimum absolute atomic E-state index is 0.255. The lowest BCUT2D eigenvalue weighted by Crippen LogP contribution is -2.26. The molecule has 0 aromatic carbocycles. The molecular formula is C13H21NS. The van der Waals surface area contributed by atoms with Crippen molar-refractivity contribution < 1.29 is 0 Å². The second-order valence-electron chi connectivity index (χ2n) is 3.78. The second kappa shape index (κ2) is 6.67. The van der Waals surface area contributed by atoms with Crippen LogP contribution in [-0.4, -0.2) is 16.2 Å². The highest BCUT2D eigenvalue weighted by molar-refractivity contribution is 8.02. The Kier molecular flexibility index (Phi) is 6.34. The van der Waals surface area contributed by atoms with Gasteiger partial charge in [-0.2, -0.15) is 0 Å². The van der Waals surface area contributed by atoms with Gasteiger partial charge in [-0.05, 0) is 19.4 Å². The molecule has 0 aromatic heterocycles. The molecule has 0 radical (unpaired) electrons. The van der Waals surface area contributed by atoms with Gasteiger partial charge in [0.1, 0.15) is 0 Å². The smallest absolute Gasteiger partial charge is 0.0726 e. The molecule has 0 amide bonds. The first kappa shape index (κ1) is 14.2. The standard InChI is InChI=1S/C13H21NS/c1-6-8-12(9-7-2)13(5,10-14)15-11(3)4/h6-11,14H,1H2,2-5H3/b9-7-,12-8+,14-10?. The molecule has 1 unspecified atom stereocenters. The van der Waals surface area contributed by atoms with Crippen molar-refractivity contribution in [3.63, 3.8) is 0 Å². The molecule has 0 aliphatic rings. The molecule has 2 heteroatoms. The minimum atomic E-state index is -0.255. The van der Waals surface area contributed by atoms with Gasteiger partial charge in [0, 0.05) is 11.5 Å². The van der Waals surface area contributed by atoms with Crippen LogP contribution in [0.1, 0.15) is 27.7 Å². The Bertz CT molecular complexity index is 276. The van der Waals surface area contributed by atoms with Crippen LogP contribution in [0.2, 0.25) is 0 Å². The van der Waals surface area contributed by atoms with Gasteiger partial charge in [0.25, 0.3) is 0 Å². The van der Waals surface area contributed by atoms with E-state index in [-0.39, 0.29) is 4.75 Å². The fourth-order valence-corrected chi connectivity index (χ4v) is 2.69. The van der Waals surface area contributed by atoms with Crippen molar-refractivity contribution in [1.82, 2.24) is 0 Å². The molecule has 0 heterocycles. The average molecular weight is 223 g/mol. The van der Waals surface area contributed by atoms with E-state index in [1.54, 1.807) is 17.8 Å². The Hall–Kier alpha value is -0.760. The highest BCUT2D eigenvalue weighted by Crippen LogP contribution is 2.34. The number of rotatable bonds is 6. The average Bonchev–Trinajstić information content (AvgIpc) is 2.16. The van der Waals surface area contributed by atoms with Crippen molar-refractivity contribution in [3.8, 4) is 0 Å². The van der Waals surface area contributed by atoms with E-state index >= 15 is 0 Å². The third kappa shape index (κ3) is 4.52. The van der Waals surface area contributed by atoms with E-state index in [2.05, 4.69) is 27.4 Å². The van der Waals surface area contributed by atoms with Gasteiger partial charge < -0.3 is 5.41 Å². The number of hydrogen-bond donors (Lipinski definition) is 1. The molecule has 0 bridgehead atoms. The van der Waals surface area contributed by atoms with Crippen molar-refractivity contribution >= 4 is 18.0 Å². The first-order chi connectivity index (χ1) is 7.00. The summed E-state index contributed by atoms with van der Waals surface area (Å²) < 4.78 is -0.255. The van der Waals surface area contributed by atoms with Gasteiger partial charge in [-0.15, -0.1) is 11.8 Å². The highest BCUT2D eigenvalue weighted by atomic mass is 32.2. The number of nitrogens with one attached hydrogen (secondary N) is 1. The summed E-state index contributed by atoms with van der Waals surface area (Å²) in [6, 6.07) is 0. The van der Waals surface area contributed by atoms with E-state index in [0.29, 0.717) is 5.25 Å². The molecule has 84 valence electrons. The van der Waals surface area contributed by atoms with Gasteiger partial charge in [-0.25, -0.2) is 0 Å².